The van der Waals surface area contributed by atoms with E-state index in [1.54, 1.807) is 0 Å². The normalized spacial score (nSPS) is 10.2. The molecule has 0 saturated carbocycles. The summed E-state index contributed by atoms with van der Waals surface area (Å²) in [6.07, 6.45) is 0. The van der Waals surface area contributed by atoms with E-state index < -0.39 is 35.3 Å². The van der Waals surface area contributed by atoms with Crippen molar-refractivity contribution in [2.45, 2.75) is 0 Å². The van der Waals surface area contributed by atoms with Gasteiger partial charge >= 0.3 is 11.9 Å². The fourth-order valence-electron chi connectivity index (χ4n) is 2.69. The van der Waals surface area contributed by atoms with Crippen LogP contribution in [0.2, 0.25) is 0 Å². The molecule has 0 aliphatic rings. The average Bonchev–Trinajstić information content (AvgIpc) is 2.77. The van der Waals surface area contributed by atoms with Crippen LogP contribution in [0.4, 0.5) is 11.4 Å². The molecule has 0 aromatic heterocycles. The Morgan fingerprint density at radius 3 is 1.09 bits per heavy atom. The van der Waals surface area contributed by atoms with Gasteiger partial charge in [-0.25, -0.2) is 9.59 Å². The summed E-state index contributed by atoms with van der Waals surface area (Å²) in [5.74, 6) is -4.51. The minimum Gasteiger partial charge on any atom is -0.506 e. The topological polar surface area (TPSA) is 173 Å². The molecule has 32 heavy (non-hydrogen) atoms. The molecule has 10 heteroatoms. The van der Waals surface area contributed by atoms with Gasteiger partial charge < -0.3 is 31.1 Å². The van der Waals surface area contributed by atoms with Gasteiger partial charge in [0.05, 0.1) is 22.5 Å². The third-order valence-electron chi connectivity index (χ3n) is 4.40. The number of carboxylic acid groups (broad SMARTS) is 2. The Labute approximate surface area is 180 Å². The van der Waals surface area contributed by atoms with E-state index in [-0.39, 0.29) is 33.6 Å². The highest BCUT2D eigenvalue weighted by molar-refractivity contribution is 6.07. The molecule has 0 bridgehead atoms. The monoisotopic (exact) mass is 436 g/mol. The third-order valence-corrected chi connectivity index (χ3v) is 4.40. The maximum Gasteiger partial charge on any atom is 0.335 e. The van der Waals surface area contributed by atoms with Gasteiger partial charge in [0.1, 0.15) is 11.5 Å². The lowest BCUT2D eigenvalue weighted by Gasteiger charge is -2.12. The van der Waals surface area contributed by atoms with Crippen LogP contribution >= 0.6 is 0 Å². The van der Waals surface area contributed by atoms with E-state index in [0.717, 1.165) is 12.1 Å². The molecule has 3 aromatic rings. The molecule has 0 atom stereocenters. The van der Waals surface area contributed by atoms with Crippen LogP contribution in [-0.4, -0.2) is 44.2 Å². The molecule has 3 rings (SSSR count). The van der Waals surface area contributed by atoms with Gasteiger partial charge in [-0.1, -0.05) is 0 Å². The van der Waals surface area contributed by atoms with E-state index in [2.05, 4.69) is 10.6 Å². The molecule has 2 amide bonds. The van der Waals surface area contributed by atoms with E-state index in [0.29, 0.717) is 0 Å². The summed E-state index contributed by atoms with van der Waals surface area (Å²) in [4.78, 5) is 46.4. The van der Waals surface area contributed by atoms with Crippen LogP contribution in [0.25, 0.3) is 0 Å². The Bertz CT molecular complexity index is 1120. The van der Waals surface area contributed by atoms with Gasteiger partial charge in [0.15, 0.2) is 0 Å². The molecular weight excluding hydrogens is 420 g/mol. The molecule has 162 valence electrons. The second kappa shape index (κ2) is 8.88. The molecule has 6 N–H and O–H groups in total. The summed E-state index contributed by atoms with van der Waals surface area (Å²) < 4.78 is 0. The molecule has 0 spiro atoms. The van der Waals surface area contributed by atoms with Crippen molar-refractivity contribution < 1.29 is 39.6 Å². The molecule has 0 fully saturated rings. The number of hydrogen-bond acceptors (Lipinski definition) is 6. The number of carbonyl (C=O) groups is 4. The average molecular weight is 436 g/mol. The summed E-state index contributed by atoms with van der Waals surface area (Å²) in [5.41, 5.74) is -0.0381. The zero-order valence-electron chi connectivity index (χ0n) is 16.2. The Morgan fingerprint density at radius 1 is 0.531 bits per heavy atom. The fourth-order valence-corrected chi connectivity index (χ4v) is 2.69. The number of aromatic hydroxyl groups is 2. The van der Waals surface area contributed by atoms with Crippen LogP contribution in [0.15, 0.2) is 60.7 Å². The maximum absolute atomic E-state index is 12.3. The zero-order valence-corrected chi connectivity index (χ0v) is 16.2. The van der Waals surface area contributed by atoms with Crippen molar-refractivity contribution in [2.24, 2.45) is 0 Å². The van der Waals surface area contributed by atoms with E-state index in [1.807, 2.05) is 0 Å². The van der Waals surface area contributed by atoms with Gasteiger partial charge in [0.2, 0.25) is 0 Å². The molecular formula is C22H16N2O8. The Kier molecular flexibility index (Phi) is 6.06. The molecule has 3 aromatic carbocycles. The smallest absolute Gasteiger partial charge is 0.335 e. The zero-order chi connectivity index (χ0) is 23.4. The number of aromatic carboxylic acids is 2. The Morgan fingerprint density at radius 2 is 0.812 bits per heavy atom. The van der Waals surface area contributed by atoms with Crippen molar-refractivity contribution in [1.29, 1.82) is 0 Å². The van der Waals surface area contributed by atoms with E-state index in [9.17, 15) is 29.4 Å². The minimum atomic E-state index is -1.14. The van der Waals surface area contributed by atoms with Crippen molar-refractivity contribution >= 4 is 35.1 Å². The standard InChI is InChI=1S/C22H16N2O8/c25-17-10-16(24-20(28)12-3-7-14(8-4-12)22(31)32)18(26)9-15(17)23-19(27)11-1-5-13(6-2-11)21(29)30/h1-10,25-26H,(H,23,27)(H,24,28)(H,29,30)(H,31,32). The number of benzene rings is 3. The SMILES string of the molecule is O=C(O)c1ccc(C(=O)Nc2cc(O)c(NC(=O)c3ccc(C(=O)O)cc3)cc2O)cc1. The van der Waals surface area contributed by atoms with Crippen LogP contribution in [0, 0.1) is 0 Å². The summed E-state index contributed by atoms with van der Waals surface area (Å²) >= 11 is 0. The molecule has 0 unspecified atom stereocenters. The first-order chi connectivity index (χ1) is 15.2. The van der Waals surface area contributed by atoms with Crippen molar-refractivity contribution in [2.75, 3.05) is 10.6 Å². The highest BCUT2D eigenvalue weighted by Crippen LogP contribution is 2.35. The Hall–Kier alpha value is -4.86. The summed E-state index contributed by atoms with van der Waals surface area (Å²) in [7, 11) is 0. The Balaban J connectivity index is 1.74. The molecule has 0 aliphatic heterocycles. The van der Waals surface area contributed by atoms with Crippen molar-refractivity contribution in [3.63, 3.8) is 0 Å². The lowest BCUT2D eigenvalue weighted by atomic mass is 10.1. The number of hydrogen-bond donors (Lipinski definition) is 6. The summed E-state index contributed by atoms with van der Waals surface area (Å²) in [5, 5.41) is 42.9. The van der Waals surface area contributed by atoms with Crippen LogP contribution in [0.5, 0.6) is 11.5 Å². The van der Waals surface area contributed by atoms with Gasteiger partial charge in [-0.2, -0.15) is 0 Å². The molecule has 0 saturated heterocycles. The number of amides is 2. The molecule has 0 heterocycles. The molecule has 0 aliphatic carbocycles. The second-order valence-corrected chi connectivity index (χ2v) is 6.56. The van der Waals surface area contributed by atoms with E-state index in [1.165, 1.54) is 48.5 Å². The van der Waals surface area contributed by atoms with Crippen molar-refractivity contribution in [1.82, 2.24) is 0 Å². The number of rotatable bonds is 6. The summed E-state index contributed by atoms with van der Waals surface area (Å²) in [6, 6.07) is 12.2. The number of anilines is 2. The lowest BCUT2D eigenvalue weighted by Crippen LogP contribution is -2.14. The minimum absolute atomic E-state index is 0.000244. The van der Waals surface area contributed by atoms with Crippen LogP contribution < -0.4 is 10.6 Å². The largest absolute Gasteiger partial charge is 0.506 e. The van der Waals surface area contributed by atoms with Gasteiger partial charge in [-0.05, 0) is 48.5 Å². The highest BCUT2D eigenvalue weighted by Gasteiger charge is 2.16. The van der Waals surface area contributed by atoms with Crippen molar-refractivity contribution in [3.8, 4) is 11.5 Å². The second-order valence-electron chi connectivity index (χ2n) is 6.56. The molecule has 0 radical (unpaired) electrons. The predicted molar refractivity (Wildman–Crippen MR) is 112 cm³/mol. The third kappa shape index (κ3) is 4.82. The number of nitrogens with one attached hydrogen (secondary N) is 2. The van der Waals surface area contributed by atoms with E-state index in [4.69, 9.17) is 10.2 Å². The lowest BCUT2D eigenvalue weighted by molar-refractivity contribution is 0.0686. The summed E-state index contributed by atoms with van der Waals surface area (Å²) in [6.45, 7) is 0. The van der Waals surface area contributed by atoms with E-state index >= 15 is 0 Å². The predicted octanol–water partition coefficient (Wildman–Crippen LogP) is 3.00. The molecule has 10 nitrogen and oxygen atoms in total. The quantitative estimate of drug-likeness (QED) is 0.253. The van der Waals surface area contributed by atoms with Crippen LogP contribution in [-0.2, 0) is 0 Å². The number of carbonyl (C=O) groups excluding carboxylic acids is 2. The fraction of sp³-hybridized carbons (Fsp3) is 0. The van der Waals surface area contributed by atoms with Gasteiger partial charge in [0, 0.05) is 23.3 Å². The van der Waals surface area contributed by atoms with Crippen LogP contribution in [0.1, 0.15) is 41.4 Å². The van der Waals surface area contributed by atoms with Gasteiger partial charge in [-0.3, -0.25) is 9.59 Å². The van der Waals surface area contributed by atoms with Crippen LogP contribution in [0.3, 0.4) is 0 Å². The van der Waals surface area contributed by atoms with Crippen molar-refractivity contribution in [3.05, 3.63) is 82.9 Å². The first-order valence-electron chi connectivity index (χ1n) is 9.01. The van der Waals surface area contributed by atoms with Gasteiger partial charge in [0.25, 0.3) is 11.8 Å². The number of phenolic OH excluding ortho intramolecular Hbond substituents is 2. The maximum atomic E-state index is 12.3. The highest BCUT2D eigenvalue weighted by atomic mass is 16.4. The first kappa shape index (κ1) is 21.8. The number of carboxylic acids is 2. The first-order valence-corrected chi connectivity index (χ1v) is 9.01. The van der Waals surface area contributed by atoms with Gasteiger partial charge in [-0.15, -0.1) is 0 Å². The number of phenols is 2.